The van der Waals surface area contributed by atoms with Gasteiger partial charge < -0.3 is 15.1 Å². The Morgan fingerprint density at radius 2 is 1.97 bits per heavy atom. The summed E-state index contributed by atoms with van der Waals surface area (Å²) in [7, 11) is 0. The van der Waals surface area contributed by atoms with E-state index in [2.05, 4.69) is 39.0 Å². The number of anilines is 2. The van der Waals surface area contributed by atoms with Crippen molar-refractivity contribution in [3.05, 3.63) is 58.1 Å². The highest BCUT2D eigenvalue weighted by Crippen LogP contribution is 2.34. The molecule has 33 heavy (non-hydrogen) atoms. The monoisotopic (exact) mass is 573 g/mol. The van der Waals surface area contributed by atoms with Gasteiger partial charge in [-0.15, -0.1) is 4.99 Å². The molecule has 10 heteroatoms. The summed E-state index contributed by atoms with van der Waals surface area (Å²) >= 11 is 8.65. The molecular weight excluding hydrogens is 553 g/mol. The fraction of sp³-hybridized carbons (Fsp3) is 0.304. The predicted octanol–water partition coefficient (Wildman–Crippen LogP) is 4.33. The molecule has 0 aliphatic carbocycles. The summed E-state index contributed by atoms with van der Waals surface area (Å²) in [5.41, 5.74) is 3.89. The Morgan fingerprint density at radius 1 is 1.21 bits per heavy atom. The number of halogens is 2. The molecule has 2 aromatic carbocycles. The fourth-order valence-corrected chi connectivity index (χ4v) is 4.90. The van der Waals surface area contributed by atoms with Crippen LogP contribution in [0.1, 0.15) is 16.7 Å². The van der Waals surface area contributed by atoms with Crippen molar-refractivity contribution in [2.45, 2.75) is 17.4 Å². The Morgan fingerprint density at radius 3 is 2.64 bits per heavy atom. The summed E-state index contributed by atoms with van der Waals surface area (Å²) in [5.74, 6) is 0.475. The van der Waals surface area contributed by atoms with Crippen LogP contribution in [0, 0.1) is 29.7 Å². The average Bonchev–Trinajstić information content (AvgIpc) is 3.16. The first-order valence-electron chi connectivity index (χ1n) is 10.4. The summed E-state index contributed by atoms with van der Waals surface area (Å²) in [6.45, 7) is 3.93. The molecule has 168 valence electrons. The van der Waals surface area contributed by atoms with E-state index < -0.39 is 0 Å². The minimum atomic E-state index is -0.0790. The summed E-state index contributed by atoms with van der Waals surface area (Å²) in [5, 5.41) is 22.1. The zero-order chi connectivity index (χ0) is 23.5. The van der Waals surface area contributed by atoms with Crippen molar-refractivity contribution in [2.24, 2.45) is 4.99 Å². The van der Waals surface area contributed by atoms with E-state index in [1.807, 2.05) is 47.2 Å². The van der Waals surface area contributed by atoms with Crippen LogP contribution in [0.5, 0.6) is 0 Å². The van der Waals surface area contributed by atoms with Crippen molar-refractivity contribution < 1.29 is 4.79 Å². The number of nitrogens with one attached hydrogen (secondary N) is 1. The zero-order valence-corrected chi connectivity index (χ0v) is 20.8. The van der Waals surface area contributed by atoms with E-state index in [1.165, 1.54) is 5.56 Å². The fourth-order valence-electron chi connectivity index (χ4n) is 4.19. The highest BCUT2D eigenvalue weighted by molar-refractivity contribution is 14.1. The van der Waals surface area contributed by atoms with Crippen LogP contribution in [0.25, 0.3) is 0 Å². The van der Waals surface area contributed by atoms with Gasteiger partial charge in [0, 0.05) is 42.0 Å². The number of hydrogen-bond donors (Lipinski definition) is 1. The van der Waals surface area contributed by atoms with Gasteiger partial charge in [-0.3, -0.25) is 4.90 Å². The standard InChI is InChI=1S/C23H21ClIN7O/c1-15-20(7-4-17(11-26)21(15)24)32-13-19-12-30(8-9-31(19)23(32)33)22(28-14-27)29-18-5-2-16(10-25)3-6-18/h2-7,19H,8-10,12-13H2,1H3,(H,28,29)/t19-/m0/s1. The molecule has 0 unspecified atom stereocenters. The molecule has 1 atom stereocenters. The summed E-state index contributed by atoms with van der Waals surface area (Å²) in [6.07, 6.45) is 1.89. The zero-order valence-electron chi connectivity index (χ0n) is 17.9. The highest BCUT2D eigenvalue weighted by atomic mass is 127. The number of carbonyl (C=O) groups excluding carboxylic acids is 1. The van der Waals surface area contributed by atoms with Crippen molar-refractivity contribution in [3.8, 4) is 12.3 Å². The molecule has 2 aliphatic rings. The quantitative estimate of drug-likeness (QED) is 0.194. The van der Waals surface area contributed by atoms with Gasteiger partial charge in [-0.1, -0.05) is 46.3 Å². The summed E-state index contributed by atoms with van der Waals surface area (Å²) in [6, 6.07) is 13.4. The van der Waals surface area contributed by atoms with Gasteiger partial charge in [-0.25, -0.2) is 4.79 Å². The second-order valence-electron chi connectivity index (χ2n) is 7.86. The lowest BCUT2D eigenvalue weighted by Crippen LogP contribution is -2.55. The third-order valence-corrected chi connectivity index (χ3v) is 7.31. The number of nitriles is 2. The number of rotatable bonds is 3. The molecule has 0 radical (unpaired) electrons. The van der Waals surface area contributed by atoms with Crippen LogP contribution in [0.4, 0.5) is 16.2 Å². The summed E-state index contributed by atoms with van der Waals surface area (Å²) < 4.78 is 0.926. The van der Waals surface area contributed by atoms with Gasteiger partial charge in [0.1, 0.15) is 6.07 Å². The minimum Gasteiger partial charge on any atom is -0.338 e. The molecule has 2 saturated heterocycles. The molecule has 2 fully saturated rings. The predicted molar refractivity (Wildman–Crippen MR) is 137 cm³/mol. The maximum absolute atomic E-state index is 13.1. The maximum atomic E-state index is 13.1. The Labute approximate surface area is 211 Å². The number of hydrogen-bond acceptors (Lipinski definition) is 4. The van der Waals surface area contributed by atoms with Gasteiger partial charge in [0.2, 0.25) is 12.2 Å². The third-order valence-electron chi connectivity index (χ3n) is 5.94. The number of urea groups is 1. The molecular formula is C23H21ClIN7O. The van der Waals surface area contributed by atoms with Crippen LogP contribution in [-0.4, -0.2) is 54.0 Å². The van der Waals surface area contributed by atoms with E-state index in [0.717, 1.165) is 10.1 Å². The SMILES string of the molecule is Cc1c(N2C[C@@H]3CN(/C(=N/C#N)Nc4ccc(CI)cc4)CCN3C2=O)ccc(C#N)c1Cl. The van der Waals surface area contributed by atoms with Gasteiger partial charge >= 0.3 is 6.03 Å². The number of aliphatic imine (C=N–C) groups is 1. The largest absolute Gasteiger partial charge is 0.338 e. The van der Waals surface area contributed by atoms with Gasteiger partial charge in [-0.2, -0.15) is 10.5 Å². The van der Waals surface area contributed by atoms with E-state index >= 15 is 0 Å². The smallest absolute Gasteiger partial charge is 0.325 e. The molecule has 2 aromatic rings. The number of fused-ring (bicyclic) bond motifs is 1. The molecule has 4 rings (SSSR count). The molecule has 0 bridgehead atoms. The number of carbonyl (C=O) groups is 1. The number of amides is 2. The average molecular weight is 574 g/mol. The number of benzene rings is 2. The molecule has 8 nitrogen and oxygen atoms in total. The van der Waals surface area contributed by atoms with Crippen LogP contribution in [-0.2, 0) is 4.43 Å². The second-order valence-corrected chi connectivity index (χ2v) is 9.00. The normalized spacial score (nSPS) is 18.1. The van der Waals surface area contributed by atoms with Crippen molar-refractivity contribution in [1.82, 2.24) is 9.80 Å². The van der Waals surface area contributed by atoms with E-state index in [9.17, 15) is 15.3 Å². The summed E-state index contributed by atoms with van der Waals surface area (Å²) in [4.78, 5) is 22.7. The lowest BCUT2D eigenvalue weighted by atomic mass is 10.1. The Kier molecular flexibility index (Phi) is 6.91. The van der Waals surface area contributed by atoms with E-state index in [4.69, 9.17) is 11.6 Å². The van der Waals surface area contributed by atoms with E-state index in [0.29, 0.717) is 54.0 Å². The topological polar surface area (TPSA) is 98.8 Å². The van der Waals surface area contributed by atoms with Crippen molar-refractivity contribution >= 4 is 57.6 Å². The molecule has 2 amide bonds. The Hall–Kier alpha value is -3.02. The number of guanidine groups is 1. The Balaban J connectivity index is 1.51. The molecule has 0 spiro atoms. The first kappa shape index (κ1) is 23.1. The van der Waals surface area contributed by atoms with Gasteiger partial charge in [0.05, 0.1) is 16.6 Å². The van der Waals surface area contributed by atoms with E-state index in [1.54, 1.807) is 17.0 Å². The first-order chi connectivity index (χ1) is 16.0. The van der Waals surface area contributed by atoms with E-state index in [-0.39, 0.29) is 12.1 Å². The van der Waals surface area contributed by atoms with Crippen molar-refractivity contribution in [2.75, 3.05) is 36.4 Å². The molecule has 0 aromatic heterocycles. The van der Waals surface area contributed by atoms with Crippen molar-refractivity contribution in [3.63, 3.8) is 0 Å². The molecule has 2 aliphatic heterocycles. The molecule has 1 N–H and O–H groups in total. The van der Waals surface area contributed by atoms with Gasteiger partial charge in [-0.05, 0) is 42.3 Å². The van der Waals surface area contributed by atoms with Crippen LogP contribution < -0.4 is 10.2 Å². The lowest BCUT2D eigenvalue weighted by Gasteiger charge is -2.37. The minimum absolute atomic E-state index is 0.0628. The molecule has 0 saturated carbocycles. The Bertz CT molecular complexity index is 1190. The van der Waals surface area contributed by atoms with Crippen molar-refractivity contribution in [1.29, 1.82) is 10.5 Å². The number of piperazine rings is 1. The number of alkyl halides is 1. The van der Waals surface area contributed by atoms with Gasteiger partial charge in [0.25, 0.3) is 0 Å². The number of nitrogens with zero attached hydrogens (tertiary/aromatic N) is 6. The van der Waals surface area contributed by atoms with Crippen LogP contribution in [0.3, 0.4) is 0 Å². The second kappa shape index (κ2) is 9.86. The first-order valence-corrected chi connectivity index (χ1v) is 12.3. The molecule has 2 heterocycles. The van der Waals surface area contributed by atoms with Crippen LogP contribution in [0.2, 0.25) is 5.02 Å². The van der Waals surface area contributed by atoms with Gasteiger partial charge in [0.15, 0.2) is 0 Å². The van der Waals surface area contributed by atoms with Crippen LogP contribution in [0.15, 0.2) is 41.4 Å². The third kappa shape index (κ3) is 4.56. The lowest BCUT2D eigenvalue weighted by molar-refractivity contribution is 0.160. The van der Waals surface area contributed by atoms with Crippen LogP contribution >= 0.6 is 34.2 Å². The highest BCUT2D eigenvalue weighted by Gasteiger charge is 2.42. The maximum Gasteiger partial charge on any atom is 0.325 e.